The summed E-state index contributed by atoms with van der Waals surface area (Å²) in [6.45, 7) is 0. The molecule has 0 saturated carbocycles. The maximum atomic E-state index is 10.3. The van der Waals surface area contributed by atoms with E-state index in [-0.39, 0.29) is 11.6 Å². The molecule has 0 saturated heterocycles. The van der Waals surface area contributed by atoms with Gasteiger partial charge in [0.25, 0.3) is 0 Å². The van der Waals surface area contributed by atoms with Gasteiger partial charge in [-0.15, -0.1) is 11.6 Å². The highest BCUT2D eigenvalue weighted by Crippen LogP contribution is 2.16. The maximum absolute atomic E-state index is 10.3. The number of aliphatic hydroxyl groups excluding tert-OH is 2. The first-order valence-electron chi connectivity index (χ1n) is 4.02. The predicted octanol–water partition coefficient (Wildman–Crippen LogP) is 0.527. The third-order valence-electron chi connectivity index (χ3n) is 1.79. The molecule has 1 heterocycles. The van der Waals surface area contributed by atoms with Crippen LogP contribution in [0.25, 0.3) is 0 Å². The van der Waals surface area contributed by atoms with E-state index in [0.29, 0.717) is 11.8 Å². The molecule has 0 bridgehead atoms. The first-order chi connectivity index (χ1) is 6.69. The first-order valence-corrected chi connectivity index (χ1v) is 4.55. The van der Waals surface area contributed by atoms with E-state index in [4.69, 9.17) is 11.6 Å². The van der Waals surface area contributed by atoms with Crippen LogP contribution in [-0.4, -0.2) is 33.5 Å². The summed E-state index contributed by atoms with van der Waals surface area (Å²) in [5.74, 6) is -0.0589. The summed E-state index contributed by atoms with van der Waals surface area (Å²) in [4.78, 5) is 14.0. The number of rotatable bonds is 4. The molecule has 2 atom stereocenters. The highest BCUT2D eigenvalue weighted by atomic mass is 35.5. The number of halogens is 1. The van der Waals surface area contributed by atoms with E-state index in [1.807, 2.05) is 0 Å². The quantitative estimate of drug-likeness (QED) is 0.568. The molecule has 1 rings (SSSR count). The molecule has 0 aliphatic rings. The molecule has 76 valence electrons. The second kappa shape index (κ2) is 5.05. The predicted molar refractivity (Wildman–Crippen MR) is 51.3 cm³/mol. The summed E-state index contributed by atoms with van der Waals surface area (Å²) in [6.07, 6.45) is -0.153. The molecule has 14 heavy (non-hydrogen) atoms. The van der Waals surface area contributed by atoms with Crippen LogP contribution in [0, 0.1) is 0 Å². The molecule has 0 radical (unpaired) electrons. The summed E-state index contributed by atoms with van der Waals surface area (Å²) in [5, 5.41) is 18.7. The number of aldehydes is 1. The molecule has 1 aromatic rings. The zero-order chi connectivity index (χ0) is 10.6. The third kappa shape index (κ3) is 2.51. The third-order valence-corrected chi connectivity index (χ3v) is 2.11. The fraction of sp³-hybridized carbons (Fsp3) is 0.333. The Hall–Kier alpha value is -0.970. The number of aliphatic hydroxyl groups is 2. The van der Waals surface area contributed by atoms with Gasteiger partial charge in [-0.3, -0.25) is 9.78 Å². The lowest BCUT2D eigenvalue weighted by Crippen LogP contribution is -2.19. The minimum atomic E-state index is -1.07. The van der Waals surface area contributed by atoms with Crippen LogP contribution in [0.2, 0.25) is 0 Å². The molecule has 2 unspecified atom stereocenters. The van der Waals surface area contributed by atoms with Crippen LogP contribution in [0.4, 0.5) is 0 Å². The van der Waals surface area contributed by atoms with Crippen molar-refractivity contribution in [1.82, 2.24) is 4.98 Å². The second-order valence-electron chi connectivity index (χ2n) is 2.80. The fourth-order valence-corrected chi connectivity index (χ4v) is 1.14. The van der Waals surface area contributed by atoms with Crippen molar-refractivity contribution in [2.45, 2.75) is 12.2 Å². The molecule has 0 aliphatic carbocycles. The van der Waals surface area contributed by atoms with Gasteiger partial charge in [0.15, 0.2) is 6.29 Å². The zero-order valence-electron chi connectivity index (χ0n) is 7.30. The van der Waals surface area contributed by atoms with Gasteiger partial charge in [-0.25, -0.2) is 0 Å². The van der Waals surface area contributed by atoms with Gasteiger partial charge in [-0.2, -0.15) is 0 Å². The second-order valence-corrected chi connectivity index (χ2v) is 3.11. The first kappa shape index (κ1) is 11.1. The smallest absolute Gasteiger partial charge is 0.168 e. The summed E-state index contributed by atoms with van der Waals surface area (Å²) < 4.78 is 0. The lowest BCUT2D eigenvalue weighted by Gasteiger charge is -2.14. The summed E-state index contributed by atoms with van der Waals surface area (Å²) in [5.41, 5.74) is 0.713. The number of hydrogen-bond acceptors (Lipinski definition) is 4. The normalized spacial score (nSPS) is 14.8. The lowest BCUT2D eigenvalue weighted by molar-refractivity contribution is 0.0325. The molecule has 0 spiro atoms. The summed E-state index contributed by atoms with van der Waals surface area (Å²) in [6, 6.07) is 2.99. The van der Waals surface area contributed by atoms with Gasteiger partial charge in [0, 0.05) is 11.8 Å². The van der Waals surface area contributed by atoms with E-state index in [0.717, 1.165) is 0 Å². The number of carbonyl (C=O) groups is 1. The molecule has 4 nitrogen and oxygen atoms in total. The molecular formula is C9H10ClNO3. The van der Waals surface area contributed by atoms with Gasteiger partial charge in [0.1, 0.15) is 11.8 Å². The lowest BCUT2D eigenvalue weighted by atomic mass is 10.1. The summed E-state index contributed by atoms with van der Waals surface area (Å²) >= 11 is 5.37. The van der Waals surface area contributed by atoms with Crippen LogP contribution in [0.1, 0.15) is 22.2 Å². The van der Waals surface area contributed by atoms with Crippen molar-refractivity contribution in [3.8, 4) is 0 Å². The van der Waals surface area contributed by atoms with Crippen molar-refractivity contribution < 1.29 is 15.0 Å². The Morgan fingerprint density at radius 2 is 2.21 bits per heavy atom. The van der Waals surface area contributed by atoms with Gasteiger partial charge in [0.2, 0.25) is 0 Å². The molecule has 2 N–H and O–H groups in total. The molecular weight excluding hydrogens is 206 g/mol. The highest BCUT2D eigenvalue weighted by molar-refractivity contribution is 6.18. The van der Waals surface area contributed by atoms with Crippen molar-refractivity contribution in [1.29, 1.82) is 0 Å². The standard InChI is InChI=1S/C9H10ClNO3/c10-3-8(13)9(14)6-1-2-7(5-12)11-4-6/h1-2,4-5,8-9,13-14H,3H2. The summed E-state index contributed by atoms with van der Waals surface area (Å²) in [7, 11) is 0. The van der Waals surface area contributed by atoms with E-state index in [1.54, 1.807) is 0 Å². The van der Waals surface area contributed by atoms with E-state index in [1.165, 1.54) is 18.3 Å². The Kier molecular flexibility index (Phi) is 4.00. The van der Waals surface area contributed by atoms with Crippen molar-refractivity contribution in [2.24, 2.45) is 0 Å². The van der Waals surface area contributed by atoms with E-state index in [2.05, 4.69) is 4.98 Å². The van der Waals surface area contributed by atoms with Gasteiger partial charge in [-0.05, 0) is 6.07 Å². The topological polar surface area (TPSA) is 70.4 Å². The molecule has 0 fully saturated rings. The SMILES string of the molecule is O=Cc1ccc(C(O)C(O)CCl)cn1. The number of pyridine rings is 1. The number of nitrogens with zero attached hydrogens (tertiary/aromatic N) is 1. The molecule has 0 aliphatic heterocycles. The van der Waals surface area contributed by atoms with E-state index >= 15 is 0 Å². The number of aromatic nitrogens is 1. The largest absolute Gasteiger partial charge is 0.389 e. The van der Waals surface area contributed by atoms with E-state index in [9.17, 15) is 15.0 Å². The number of hydrogen-bond donors (Lipinski definition) is 2. The van der Waals surface area contributed by atoms with Crippen molar-refractivity contribution in [2.75, 3.05) is 5.88 Å². The fourth-order valence-electron chi connectivity index (χ4n) is 0.968. The Bertz CT molecular complexity index is 301. The number of carbonyl (C=O) groups excluding carboxylic acids is 1. The van der Waals surface area contributed by atoms with Crippen LogP contribution >= 0.6 is 11.6 Å². The van der Waals surface area contributed by atoms with Crippen LogP contribution in [0.15, 0.2) is 18.3 Å². The molecule has 5 heteroatoms. The minimum Gasteiger partial charge on any atom is -0.389 e. The highest BCUT2D eigenvalue weighted by Gasteiger charge is 2.17. The Labute approximate surface area is 86.2 Å². The Morgan fingerprint density at radius 3 is 2.64 bits per heavy atom. The van der Waals surface area contributed by atoms with Crippen molar-refractivity contribution in [3.63, 3.8) is 0 Å². The van der Waals surface area contributed by atoms with Crippen LogP contribution in [0.3, 0.4) is 0 Å². The van der Waals surface area contributed by atoms with Crippen LogP contribution < -0.4 is 0 Å². The monoisotopic (exact) mass is 215 g/mol. The minimum absolute atomic E-state index is 0.0589. The van der Waals surface area contributed by atoms with E-state index < -0.39 is 12.2 Å². The molecule has 0 aromatic carbocycles. The zero-order valence-corrected chi connectivity index (χ0v) is 8.05. The van der Waals surface area contributed by atoms with Gasteiger partial charge >= 0.3 is 0 Å². The Balaban J connectivity index is 2.80. The average molecular weight is 216 g/mol. The molecule has 1 aromatic heterocycles. The van der Waals surface area contributed by atoms with Gasteiger partial charge < -0.3 is 10.2 Å². The van der Waals surface area contributed by atoms with Crippen molar-refractivity contribution in [3.05, 3.63) is 29.6 Å². The van der Waals surface area contributed by atoms with Gasteiger partial charge in [-0.1, -0.05) is 6.07 Å². The number of alkyl halides is 1. The Morgan fingerprint density at radius 1 is 1.50 bits per heavy atom. The van der Waals surface area contributed by atoms with Crippen molar-refractivity contribution >= 4 is 17.9 Å². The van der Waals surface area contributed by atoms with Crippen LogP contribution in [0.5, 0.6) is 0 Å². The van der Waals surface area contributed by atoms with Gasteiger partial charge in [0.05, 0.1) is 12.0 Å². The average Bonchev–Trinajstić information content (AvgIpc) is 2.27. The maximum Gasteiger partial charge on any atom is 0.168 e. The molecule has 0 amide bonds. The van der Waals surface area contributed by atoms with Crippen LogP contribution in [-0.2, 0) is 0 Å².